The molecule has 2 aromatic carbocycles. The van der Waals surface area contributed by atoms with Crippen LogP contribution in [0.15, 0.2) is 53.5 Å². The topological polar surface area (TPSA) is 27.6 Å². The molecule has 0 aliphatic heterocycles. The van der Waals surface area contributed by atoms with E-state index in [1.54, 1.807) is 7.05 Å². The summed E-state index contributed by atoms with van der Waals surface area (Å²) in [6.45, 7) is 1.11. The quantitative estimate of drug-likeness (QED) is 0.431. The van der Waals surface area contributed by atoms with Gasteiger partial charge in [0.2, 0.25) is 0 Å². The van der Waals surface area contributed by atoms with Crippen molar-refractivity contribution in [1.29, 1.82) is 0 Å². The average Bonchev–Trinajstić information content (AvgIpc) is 2.54. The van der Waals surface area contributed by atoms with Crippen LogP contribution in [0.2, 0.25) is 0 Å². The summed E-state index contributed by atoms with van der Waals surface area (Å²) in [7, 11) is 3.61. The van der Waals surface area contributed by atoms with Gasteiger partial charge in [-0.15, -0.1) is 24.0 Å². The Morgan fingerprint density at radius 3 is 2.25 bits per heavy atom. The Kier molecular flexibility index (Phi) is 8.67. The third-order valence-corrected chi connectivity index (χ3v) is 3.56. The molecule has 0 unspecified atom stereocenters. The molecule has 0 saturated carbocycles. The fourth-order valence-electron chi connectivity index (χ4n) is 2.39. The van der Waals surface area contributed by atoms with E-state index < -0.39 is 11.6 Å². The normalized spacial score (nSPS) is 10.9. The van der Waals surface area contributed by atoms with Gasteiger partial charge in [-0.05, 0) is 24.1 Å². The molecular weight excluding hydrogens is 423 g/mol. The van der Waals surface area contributed by atoms with Gasteiger partial charge in [-0.2, -0.15) is 0 Å². The summed E-state index contributed by atoms with van der Waals surface area (Å²) in [6, 6.07) is 13.9. The number of nitrogens with zero attached hydrogens (tertiary/aromatic N) is 2. The van der Waals surface area contributed by atoms with Crippen LogP contribution in [0, 0.1) is 11.6 Å². The van der Waals surface area contributed by atoms with Gasteiger partial charge in [0.1, 0.15) is 11.6 Å². The minimum Gasteiger partial charge on any atom is -0.356 e. The Morgan fingerprint density at radius 1 is 1.04 bits per heavy atom. The third kappa shape index (κ3) is 5.74. The molecule has 130 valence electrons. The monoisotopic (exact) mass is 445 g/mol. The third-order valence-electron chi connectivity index (χ3n) is 3.56. The lowest BCUT2D eigenvalue weighted by atomic mass is 10.1. The van der Waals surface area contributed by atoms with E-state index in [0.717, 1.165) is 5.56 Å². The van der Waals surface area contributed by atoms with Gasteiger partial charge in [0, 0.05) is 32.7 Å². The number of rotatable bonds is 5. The molecule has 0 atom stereocenters. The van der Waals surface area contributed by atoms with Crippen molar-refractivity contribution in [3.05, 3.63) is 71.3 Å². The maximum absolute atomic E-state index is 13.6. The van der Waals surface area contributed by atoms with Crippen LogP contribution in [0.1, 0.15) is 11.1 Å². The molecule has 0 radical (unpaired) electrons. The molecule has 0 heterocycles. The fourth-order valence-corrected chi connectivity index (χ4v) is 2.39. The lowest BCUT2D eigenvalue weighted by Gasteiger charge is -2.22. The number of guanidine groups is 1. The van der Waals surface area contributed by atoms with Gasteiger partial charge in [-0.3, -0.25) is 4.99 Å². The summed E-state index contributed by atoms with van der Waals surface area (Å²) < 4.78 is 27.2. The molecule has 0 aromatic heterocycles. The first-order valence-corrected chi connectivity index (χ1v) is 7.50. The molecule has 0 fully saturated rings. The van der Waals surface area contributed by atoms with Crippen molar-refractivity contribution in [3.8, 4) is 0 Å². The Bertz CT molecular complexity index is 642. The predicted molar refractivity (Wildman–Crippen MR) is 105 cm³/mol. The van der Waals surface area contributed by atoms with Gasteiger partial charge in [0.25, 0.3) is 0 Å². The molecule has 24 heavy (non-hydrogen) atoms. The molecule has 0 spiro atoms. The number of hydrogen-bond donors (Lipinski definition) is 1. The highest BCUT2D eigenvalue weighted by molar-refractivity contribution is 14.0. The summed E-state index contributed by atoms with van der Waals surface area (Å²) in [6.07, 6.45) is 0.261. The molecule has 2 rings (SSSR count). The van der Waals surface area contributed by atoms with Crippen LogP contribution < -0.4 is 5.32 Å². The maximum atomic E-state index is 13.6. The zero-order valence-corrected chi connectivity index (χ0v) is 16.1. The Morgan fingerprint density at radius 2 is 1.67 bits per heavy atom. The van der Waals surface area contributed by atoms with Crippen LogP contribution in [0.25, 0.3) is 0 Å². The molecule has 0 saturated heterocycles. The van der Waals surface area contributed by atoms with Gasteiger partial charge in [-0.1, -0.05) is 36.4 Å². The van der Waals surface area contributed by atoms with Crippen LogP contribution in [0.4, 0.5) is 8.78 Å². The van der Waals surface area contributed by atoms with Crippen molar-refractivity contribution in [3.63, 3.8) is 0 Å². The highest BCUT2D eigenvalue weighted by Crippen LogP contribution is 2.12. The standard InChI is InChI=1S/C18H21F2N3.HI/c1-21-18(23(2)13-14-7-4-3-5-8-14)22-12-11-15-16(19)9-6-10-17(15)20;/h3-10H,11-13H2,1-2H3,(H,21,22);1H. The number of aliphatic imine (C=N–C) groups is 1. The highest BCUT2D eigenvalue weighted by atomic mass is 127. The summed E-state index contributed by atoms with van der Waals surface area (Å²) in [5.41, 5.74) is 1.26. The Labute approximate surface area is 158 Å². The van der Waals surface area contributed by atoms with Gasteiger partial charge in [-0.25, -0.2) is 8.78 Å². The van der Waals surface area contributed by atoms with E-state index in [4.69, 9.17) is 0 Å². The minimum atomic E-state index is -0.514. The van der Waals surface area contributed by atoms with Crippen LogP contribution in [-0.2, 0) is 13.0 Å². The average molecular weight is 445 g/mol. The highest BCUT2D eigenvalue weighted by Gasteiger charge is 2.10. The van der Waals surface area contributed by atoms with Crippen molar-refractivity contribution in [2.24, 2.45) is 4.99 Å². The largest absolute Gasteiger partial charge is 0.356 e. The zero-order chi connectivity index (χ0) is 16.7. The number of nitrogens with one attached hydrogen (secondary N) is 1. The Hall–Kier alpha value is -1.70. The molecule has 2 aromatic rings. The van der Waals surface area contributed by atoms with E-state index in [1.165, 1.54) is 18.2 Å². The molecular formula is C18H22F2IN3. The van der Waals surface area contributed by atoms with E-state index >= 15 is 0 Å². The van der Waals surface area contributed by atoms with Crippen LogP contribution in [-0.4, -0.2) is 31.5 Å². The van der Waals surface area contributed by atoms with Crippen molar-refractivity contribution >= 4 is 29.9 Å². The van der Waals surface area contributed by atoms with Crippen molar-refractivity contribution in [2.75, 3.05) is 20.6 Å². The van der Waals surface area contributed by atoms with E-state index in [0.29, 0.717) is 19.0 Å². The summed E-state index contributed by atoms with van der Waals surface area (Å²) >= 11 is 0. The lowest BCUT2D eigenvalue weighted by Crippen LogP contribution is -2.39. The van der Waals surface area contributed by atoms with E-state index in [-0.39, 0.29) is 36.0 Å². The van der Waals surface area contributed by atoms with Crippen LogP contribution in [0.5, 0.6) is 0 Å². The van der Waals surface area contributed by atoms with Crippen LogP contribution in [0.3, 0.4) is 0 Å². The lowest BCUT2D eigenvalue weighted by molar-refractivity contribution is 0.475. The second-order valence-corrected chi connectivity index (χ2v) is 5.27. The molecule has 6 heteroatoms. The van der Waals surface area contributed by atoms with Crippen molar-refractivity contribution in [1.82, 2.24) is 10.2 Å². The Balaban J connectivity index is 0.00000288. The van der Waals surface area contributed by atoms with E-state index in [2.05, 4.69) is 10.3 Å². The SMILES string of the molecule is CN=C(NCCc1c(F)cccc1F)N(C)Cc1ccccc1.I. The second kappa shape index (κ2) is 10.2. The predicted octanol–water partition coefficient (Wildman–Crippen LogP) is 3.83. The first kappa shape index (κ1) is 20.3. The number of halogens is 3. The molecule has 1 N–H and O–H groups in total. The summed E-state index contributed by atoms with van der Waals surface area (Å²) in [5.74, 6) is -0.343. The first-order chi connectivity index (χ1) is 11.1. The minimum absolute atomic E-state index is 0. The number of benzene rings is 2. The van der Waals surface area contributed by atoms with Crippen LogP contribution >= 0.6 is 24.0 Å². The van der Waals surface area contributed by atoms with Gasteiger partial charge < -0.3 is 10.2 Å². The number of hydrogen-bond acceptors (Lipinski definition) is 1. The van der Waals surface area contributed by atoms with Crippen molar-refractivity contribution in [2.45, 2.75) is 13.0 Å². The van der Waals surface area contributed by atoms with E-state index in [9.17, 15) is 8.78 Å². The fraction of sp³-hybridized carbons (Fsp3) is 0.278. The molecule has 0 bridgehead atoms. The van der Waals surface area contributed by atoms with Gasteiger partial charge in [0.15, 0.2) is 5.96 Å². The first-order valence-electron chi connectivity index (χ1n) is 7.50. The van der Waals surface area contributed by atoms with E-state index in [1.807, 2.05) is 42.3 Å². The molecule has 3 nitrogen and oxygen atoms in total. The maximum Gasteiger partial charge on any atom is 0.193 e. The van der Waals surface area contributed by atoms with Crippen molar-refractivity contribution < 1.29 is 8.78 Å². The molecule has 0 aliphatic rings. The van der Waals surface area contributed by atoms with Gasteiger partial charge in [0.05, 0.1) is 0 Å². The summed E-state index contributed by atoms with van der Waals surface area (Å²) in [4.78, 5) is 6.17. The zero-order valence-electron chi connectivity index (χ0n) is 13.8. The summed E-state index contributed by atoms with van der Waals surface area (Å²) in [5, 5.41) is 3.13. The molecule has 0 aliphatic carbocycles. The molecule has 0 amide bonds. The second-order valence-electron chi connectivity index (χ2n) is 5.27. The van der Waals surface area contributed by atoms with Gasteiger partial charge >= 0.3 is 0 Å². The smallest absolute Gasteiger partial charge is 0.193 e.